The number of nitrogens with zero attached hydrogens (tertiary/aromatic N) is 1. The fraction of sp³-hybridized carbons (Fsp3) is 0.125. The molecule has 1 amide bonds. The van der Waals surface area contributed by atoms with Crippen LogP contribution >= 0.6 is 22.9 Å². The van der Waals surface area contributed by atoms with Crippen molar-refractivity contribution in [1.82, 2.24) is 4.72 Å². The van der Waals surface area contributed by atoms with Crippen LogP contribution in [0.5, 0.6) is 0 Å². The van der Waals surface area contributed by atoms with Gasteiger partial charge in [0.05, 0.1) is 10.6 Å². The second-order valence-electron chi connectivity index (χ2n) is 7.78. The summed E-state index contributed by atoms with van der Waals surface area (Å²) < 4.78 is 43.2. The van der Waals surface area contributed by atoms with Gasteiger partial charge in [-0.3, -0.25) is 4.79 Å². The number of halogens is 2. The number of carbonyl (C=O) groups excluding carboxylic acids is 1. The van der Waals surface area contributed by atoms with Crippen molar-refractivity contribution >= 4 is 55.3 Å². The molecule has 33 heavy (non-hydrogen) atoms. The molecular formula is C24H18ClFN2O3S2. The molecule has 0 unspecified atom stereocenters. The van der Waals surface area contributed by atoms with E-state index in [4.69, 9.17) is 11.6 Å². The Balaban J connectivity index is 1.36. The lowest BCUT2D eigenvalue weighted by Gasteiger charge is -2.18. The summed E-state index contributed by atoms with van der Waals surface area (Å²) in [7, 11) is -3.95. The maximum Gasteiger partial charge on any atom is 0.245 e. The summed E-state index contributed by atoms with van der Waals surface area (Å²) in [5.74, 6) is -1.00. The standard InChI is InChI=1S/C24H18ClFN2O3S2/c25-19-4-1-16-12-20(5-2-15(16)11-19)33(30,31)27-22-7-9-28(24(22)29)23-6-3-17(13-21(23)26)18-8-10-32-14-18/h1-6,8,10-14,22,27H,7,9H2/t22-/m0/s1. The number of carbonyl (C=O) groups is 1. The maximum absolute atomic E-state index is 14.8. The lowest BCUT2D eigenvalue weighted by Crippen LogP contribution is -2.41. The van der Waals surface area contributed by atoms with Crippen molar-refractivity contribution in [2.24, 2.45) is 0 Å². The number of nitrogens with one attached hydrogen (secondary N) is 1. The first-order valence-corrected chi connectivity index (χ1v) is 13.0. The Bertz CT molecular complexity index is 1470. The van der Waals surface area contributed by atoms with Crippen molar-refractivity contribution < 1.29 is 17.6 Å². The van der Waals surface area contributed by atoms with Crippen LogP contribution in [0.25, 0.3) is 21.9 Å². The molecule has 9 heteroatoms. The van der Waals surface area contributed by atoms with Gasteiger partial charge < -0.3 is 4.90 Å². The molecule has 1 aromatic heterocycles. The second-order valence-corrected chi connectivity index (χ2v) is 10.7. The minimum atomic E-state index is -3.95. The molecular weight excluding hydrogens is 483 g/mol. The molecule has 0 saturated carbocycles. The van der Waals surface area contributed by atoms with E-state index in [0.29, 0.717) is 5.02 Å². The minimum absolute atomic E-state index is 0.0508. The predicted octanol–water partition coefficient (Wildman–Crippen LogP) is 5.44. The third-order valence-corrected chi connectivity index (χ3v) is 8.07. The van der Waals surface area contributed by atoms with E-state index in [0.717, 1.165) is 21.9 Å². The van der Waals surface area contributed by atoms with Gasteiger partial charge in [-0.05, 0) is 81.5 Å². The van der Waals surface area contributed by atoms with Crippen LogP contribution in [0.15, 0.2) is 76.3 Å². The molecule has 0 radical (unpaired) electrons. The number of benzene rings is 3. The number of anilines is 1. The van der Waals surface area contributed by atoms with Gasteiger partial charge >= 0.3 is 0 Å². The Kier molecular flexibility index (Phi) is 5.70. The number of rotatable bonds is 5. The number of sulfonamides is 1. The lowest BCUT2D eigenvalue weighted by atomic mass is 10.1. The first-order chi connectivity index (χ1) is 15.8. The van der Waals surface area contributed by atoms with Gasteiger partial charge in [-0.2, -0.15) is 16.1 Å². The van der Waals surface area contributed by atoms with Crippen LogP contribution in [0.2, 0.25) is 5.02 Å². The largest absolute Gasteiger partial charge is 0.308 e. The molecule has 5 nitrogen and oxygen atoms in total. The van der Waals surface area contributed by atoms with Crippen LogP contribution in [0, 0.1) is 5.82 Å². The first-order valence-electron chi connectivity index (χ1n) is 10.2. The summed E-state index contributed by atoms with van der Waals surface area (Å²) in [4.78, 5) is 14.3. The Labute approximate surface area is 199 Å². The molecule has 1 saturated heterocycles. The summed E-state index contributed by atoms with van der Waals surface area (Å²) in [6.45, 7) is 0.219. The van der Waals surface area contributed by atoms with E-state index in [1.807, 2.05) is 16.8 Å². The molecule has 3 aromatic carbocycles. The van der Waals surface area contributed by atoms with E-state index in [2.05, 4.69) is 4.72 Å². The summed E-state index contributed by atoms with van der Waals surface area (Å²) in [5, 5.41) is 5.91. The van der Waals surface area contributed by atoms with Crippen LogP contribution in [0.1, 0.15) is 6.42 Å². The molecule has 0 spiro atoms. The molecule has 1 aliphatic rings. The zero-order valence-electron chi connectivity index (χ0n) is 17.2. The number of hydrogen-bond acceptors (Lipinski definition) is 4. The topological polar surface area (TPSA) is 66.5 Å². The third-order valence-electron chi connectivity index (χ3n) is 5.68. The van der Waals surface area contributed by atoms with E-state index in [1.165, 1.54) is 34.4 Å². The van der Waals surface area contributed by atoms with Crippen molar-refractivity contribution in [3.05, 3.63) is 82.3 Å². The van der Waals surface area contributed by atoms with Crippen molar-refractivity contribution in [1.29, 1.82) is 0 Å². The van der Waals surface area contributed by atoms with Crippen molar-refractivity contribution in [2.45, 2.75) is 17.4 Å². The minimum Gasteiger partial charge on any atom is -0.308 e. The third kappa shape index (κ3) is 4.27. The van der Waals surface area contributed by atoms with Gasteiger partial charge in [0.2, 0.25) is 15.9 Å². The average Bonchev–Trinajstić information content (AvgIpc) is 3.44. The highest BCUT2D eigenvalue weighted by Gasteiger charge is 2.36. The van der Waals surface area contributed by atoms with Gasteiger partial charge in [0.25, 0.3) is 0 Å². The Morgan fingerprint density at radius 1 is 1.00 bits per heavy atom. The highest BCUT2D eigenvalue weighted by molar-refractivity contribution is 7.89. The smallest absolute Gasteiger partial charge is 0.245 e. The van der Waals surface area contributed by atoms with Crippen molar-refractivity contribution in [2.75, 3.05) is 11.4 Å². The Hall–Kier alpha value is -2.78. The van der Waals surface area contributed by atoms with Crippen molar-refractivity contribution in [3.8, 4) is 11.1 Å². The van der Waals surface area contributed by atoms with Crippen LogP contribution < -0.4 is 9.62 Å². The lowest BCUT2D eigenvalue weighted by molar-refractivity contribution is -0.118. The fourth-order valence-electron chi connectivity index (χ4n) is 3.98. The van der Waals surface area contributed by atoms with Gasteiger partial charge in [-0.1, -0.05) is 29.8 Å². The molecule has 1 fully saturated rings. The van der Waals surface area contributed by atoms with E-state index in [-0.39, 0.29) is 23.5 Å². The Morgan fingerprint density at radius 3 is 2.55 bits per heavy atom. The quantitative estimate of drug-likeness (QED) is 0.396. The van der Waals surface area contributed by atoms with Gasteiger partial charge in [-0.15, -0.1) is 0 Å². The highest BCUT2D eigenvalue weighted by Crippen LogP contribution is 2.31. The summed E-state index contributed by atoms with van der Waals surface area (Å²) >= 11 is 7.51. The monoisotopic (exact) mass is 500 g/mol. The molecule has 0 bridgehead atoms. The molecule has 1 atom stereocenters. The number of amides is 1. The van der Waals surface area contributed by atoms with Crippen LogP contribution in [-0.2, 0) is 14.8 Å². The molecule has 1 aliphatic heterocycles. The fourth-order valence-corrected chi connectivity index (χ4v) is 6.08. The highest BCUT2D eigenvalue weighted by atomic mass is 35.5. The van der Waals surface area contributed by atoms with E-state index in [9.17, 15) is 17.6 Å². The average molecular weight is 501 g/mol. The molecule has 2 heterocycles. The van der Waals surface area contributed by atoms with Crippen LogP contribution in [-0.4, -0.2) is 26.9 Å². The summed E-state index contributed by atoms with van der Waals surface area (Å²) in [6, 6.07) is 15.5. The second kappa shape index (κ2) is 8.53. The van der Waals surface area contributed by atoms with Gasteiger partial charge in [-0.25, -0.2) is 12.8 Å². The molecule has 4 aromatic rings. The SMILES string of the molecule is O=C1[C@@H](NS(=O)(=O)c2ccc3cc(Cl)ccc3c2)CCN1c1ccc(-c2ccsc2)cc1F. The van der Waals surface area contributed by atoms with Crippen LogP contribution in [0.4, 0.5) is 10.1 Å². The van der Waals surface area contributed by atoms with Crippen molar-refractivity contribution in [3.63, 3.8) is 0 Å². The zero-order valence-corrected chi connectivity index (χ0v) is 19.6. The number of fused-ring (bicyclic) bond motifs is 1. The summed E-state index contributed by atoms with van der Waals surface area (Å²) in [5.41, 5.74) is 1.77. The summed E-state index contributed by atoms with van der Waals surface area (Å²) in [6.07, 6.45) is 0.243. The van der Waals surface area contributed by atoms with Gasteiger partial charge in [0, 0.05) is 11.6 Å². The Morgan fingerprint density at radius 2 is 1.79 bits per heavy atom. The normalized spacial score (nSPS) is 16.6. The maximum atomic E-state index is 14.8. The first kappa shape index (κ1) is 22.0. The molecule has 0 aliphatic carbocycles. The zero-order chi connectivity index (χ0) is 23.2. The molecule has 5 rings (SSSR count). The molecule has 168 valence electrons. The van der Waals surface area contributed by atoms with Gasteiger partial charge in [0.1, 0.15) is 11.9 Å². The number of thiophene rings is 1. The predicted molar refractivity (Wildman–Crippen MR) is 130 cm³/mol. The van der Waals surface area contributed by atoms with Gasteiger partial charge in [0.15, 0.2) is 0 Å². The van der Waals surface area contributed by atoms with E-state index in [1.54, 1.807) is 36.4 Å². The van der Waals surface area contributed by atoms with Crippen LogP contribution in [0.3, 0.4) is 0 Å². The van der Waals surface area contributed by atoms with E-state index < -0.39 is 27.8 Å². The number of hydrogen-bond donors (Lipinski definition) is 1. The molecule has 1 N–H and O–H groups in total. The van der Waals surface area contributed by atoms with E-state index >= 15 is 0 Å².